The van der Waals surface area contributed by atoms with Gasteiger partial charge >= 0.3 is 0 Å². The van der Waals surface area contributed by atoms with Crippen LogP contribution in [0.15, 0.2) is 72.8 Å². The van der Waals surface area contributed by atoms with E-state index in [1.165, 1.54) is 5.56 Å². The first-order valence-corrected chi connectivity index (χ1v) is 10.5. The van der Waals surface area contributed by atoms with Crippen molar-refractivity contribution in [3.63, 3.8) is 0 Å². The lowest BCUT2D eigenvalue weighted by Gasteiger charge is -2.19. The van der Waals surface area contributed by atoms with Crippen molar-refractivity contribution in [1.29, 1.82) is 0 Å². The molecule has 4 heteroatoms. The van der Waals surface area contributed by atoms with Crippen molar-refractivity contribution in [2.45, 2.75) is 45.8 Å². The van der Waals surface area contributed by atoms with Gasteiger partial charge in [-0.15, -0.1) is 0 Å². The summed E-state index contributed by atoms with van der Waals surface area (Å²) in [6, 6.07) is 23.4. The standard InChI is InChI=1S/C27H31NO3/c1-19(20-9-7-6-8-10-20)28-26(29)21-11-16-25(30-5)22(17-21)18-31-24-14-12-23(13-15-24)27(2,3)4/h6-17,19H,18H2,1-5H3,(H,28,29). The van der Waals surface area contributed by atoms with E-state index in [0.29, 0.717) is 17.9 Å². The third-order valence-electron chi connectivity index (χ3n) is 5.30. The Balaban J connectivity index is 1.70. The Morgan fingerprint density at radius 2 is 1.65 bits per heavy atom. The minimum atomic E-state index is -0.130. The van der Waals surface area contributed by atoms with Crippen LogP contribution in [-0.2, 0) is 12.0 Å². The minimum absolute atomic E-state index is 0.0863. The lowest BCUT2D eigenvalue weighted by molar-refractivity contribution is 0.0939. The van der Waals surface area contributed by atoms with Gasteiger partial charge in [0, 0.05) is 11.1 Å². The second kappa shape index (κ2) is 9.69. The molecular weight excluding hydrogens is 386 g/mol. The monoisotopic (exact) mass is 417 g/mol. The Morgan fingerprint density at radius 3 is 2.26 bits per heavy atom. The molecule has 0 aliphatic heterocycles. The molecule has 0 saturated carbocycles. The highest BCUT2D eigenvalue weighted by Crippen LogP contribution is 2.26. The number of carbonyl (C=O) groups excluding carboxylic acids is 1. The normalized spacial score (nSPS) is 12.2. The van der Waals surface area contributed by atoms with Crippen LogP contribution in [-0.4, -0.2) is 13.0 Å². The van der Waals surface area contributed by atoms with Crippen LogP contribution in [0.25, 0.3) is 0 Å². The molecule has 0 spiro atoms. The molecule has 31 heavy (non-hydrogen) atoms. The van der Waals surface area contributed by atoms with Gasteiger partial charge in [0.25, 0.3) is 5.91 Å². The highest BCUT2D eigenvalue weighted by atomic mass is 16.5. The number of methoxy groups -OCH3 is 1. The average molecular weight is 418 g/mol. The third-order valence-corrected chi connectivity index (χ3v) is 5.30. The van der Waals surface area contributed by atoms with Gasteiger partial charge in [0.05, 0.1) is 13.2 Å². The van der Waals surface area contributed by atoms with Crippen LogP contribution in [0.4, 0.5) is 0 Å². The fourth-order valence-electron chi connectivity index (χ4n) is 3.35. The van der Waals surface area contributed by atoms with Crippen LogP contribution in [0.1, 0.15) is 60.8 Å². The van der Waals surface area contributed by atoms with E-state index in [2.05, 4.69) is 38.2 Å². The van der Waals surface area contributed by atoms with Crippen molar-refractivity contribution in [2.75, 3.05) is 7.11 Å². The first-order valence-electron chi connectivity index (χ1n) is 10.5. The van der Waals surface area contributed by atoms with E-state index in [0.717, 1.165) is 16.9 Å². The molecule has 3 aromatic rings. The van der Waals surface area contributed by atoms with Crippen LogP contribution in [0.5, 0.6) is 11.5 Å². The predicted molar refractivity (Wildman–Crippen MR) is 125 cm³/mol. The molecule has 0 aliphatic carbocycles. The molecular formula is C27H31NO3. The van der Waals surface area contributed by atoms with E-state index in [1.807, 2.05) is 61.5 Å². The van der Waals surface area contributed by atoms with Gasteiger partial charge in [-0.05, 0) is 53.8 Å². The minimum Gasteiger partial charge on any atom is -0.496 e. The van der Waals surface area contributed by atoms with E-state index >= 15 is 0 Å². The Bertz CT molecular complexity index is 1000. The molecule has 0 fully saturated rings. The number of nitrogens with one attached hydrogen (secondary N) is 1. The summed E-state index contributed by atoms with van der Waals surface area (Å²) in [4.78, 5) is 12.8. The van der Waals surface area contributed by atoms with Gasteiger partial charge in [-0.1, -0.05) is 63.2 Å². The van der Waals surface area contributed by atoms with Crippen LogP contribution >= 0.6 is 0 Å². The molecule has 1 unspecified atom stereocenters. The number of benzene rings is 3. The maximum Gasteiger partial charge on any atom is 0.251 e. The summed E-state index contributed by atoms with van der Waals surface area (Å²) < 4.78 is 11.4. The van der Waals surface area contributed by atoms with E-state index < -0.39 is 0 Å². The maximum atomic E-state index is 12.8. The van der Waals surface area contributed by atoms with Gasteiger partial charge in [-0.25, -0.2) is 0 Å². The Kier molecular flexibility index (Phi) is 7.01. The van der Waals surface area contributed by atoms with Gasteiger partial charge in [0.1, 0.15) is 18.1 Å². The fourth-order valence-corrected chi connectivity index (χ4v) is 3.35. The maximum absolute atomic E-state index is 12.8. The smallest absolute Gasteiger partial charge is 0.251 e. The zero-order valence-corrected chi connectivity index (χ0v) is 18.9. The van der Waals surface area contributed by atoms with Crippen molar-refractivity contribution in [3.05, 3.63) is 95.1 Å². The second-order valence-corrected chi connectivity index (χ2v) is 8.70. The molecule has 1 atom stereocenters. The highest BCUT2D eigenvalue weighted by Gasteiger charge is 2.15. The Hall–Kier alpha value is -3.27. The fraction of sp³-hybridized carbons (Fsp3) is 0.296. The van der Waals surface area contributed by atoms with Gasteiger partial charge in [-0.3, -0.25) is 4.79 Å². The van der Waals surface area contributed by atoms with Crippen molar-refractivity contribution in [3.8, 4) is 11.5 Å². The molecule has 0 aromatic heterocycles. The molecule has 3 aromatic carbocycles. The van der Waals surface area contributed by atoms with Gasteiger partial charge in [0.15, 0.2) is 0 Å². The van der Waals surface area contributed by atoms with Crippen LogP contribution in [0, 0.1) is 0 Å². The zero-order chi connectivity index (χ0) is 22.4. The molecule has 1 amide bonds. The molecule has 0 aliphatic rings. The van der Waals surface area contributed by atoms with Crippen molar-refractivity contribution < 1.29 is 14.3 Å². The summed E-state index contributed by atoms with van der Waals surface area (Å²) in [7, 11) is 1.62. The first kappa shape index (κ1) is 22.4. The number of carbonyl (C=O) groups is 1. The topological polar surface area (TPSA) is 47.6 Å². The largest absolute Gasteiger partial charge is 0.496 e. The number of rotatable bonds is 7. The molecule has 162 valence electrons. The van der Waals surface area contributed by atoms with Gasteiger partial charge in [0.2, 0.25) is 0 Å². The first-order chi connectivity index (χ1) is 14.8. The molecule has 1 N–H and O–H groups in total. The van der Waals surface area contributed by atoms with Crippen LogP contribution < -0.4 is 14.8 Å². The lowest BCUT2D eigenvalue weighted by Crippen LogP contribution is -2.26. The molecule has 0 bridgehead atoms. The summed E-state index contributed by atoms with van der Waals surface area (Å²) >= 11 is 0. The van der Waals surface area contributed by atoms with E-state index in [9.17, 15) is 4.79 Å². The quantitative estimate of drug-likeness (QED) is 0.508. The van der Waals surface area contributed by atoms with Crippen molar-refractivity contribution in [1.82, 2.24) is 5.32 Å². The number of ether oxygens (including phenoxy) is 2. The lowest BCUT2D eigenvalue weighted by atomic mass is 9.87. The molecule has 0 saturated heterocycles. The summed E-state index contributed by atoms with van der Waals surface area (Å²) in [5, 5.41) is 3.05. The number of hydrogen-bond acceptors (Lipinski definition) is 3. The summed E-state index contributed by atoms with van der Waals surface area (Å²) in [6.07, 6.45) is 0. The number of hydrogen-bond donors (Lipinski definition) is 1. The third kappa shape index (κ3) is 5.88. The summed E-state index contributed by atoms with van der Waals surface area (Å²) in [5.41, 5.74) is 3.81. The van der Waals surface area contributed by atoms with Crippen LogP contribution in [0.3, 0.4) is 0 Å². The summed E-state index contributed by atoms with van der Waals surface area (Å²) in [6.45, 7) is 8.84. The Labute approximate surface area is 185 Å². The highest BCUT2D eigenvalue weighted by molar-refractivity contribution is 5.94. The molecule has 0 radical (unpaired) electrons. The van der Waals surface area contributed by atoms with Gasteiger partial charge < -0.3 is 14.8 Å². The zero-order valence-electron chi connectivity index (χ0n) is 18.9. The Morgan fingerprint density at radius 1 is 0.968 bits per heavy atom. The van der Waals surface area contributed by atoms with Crippen molar-refractivity contribution in [2.24, 2.45) is 0 Å². The van der Waals surface area contributed by atoms with Crippen LogP contribution in [0.2, 0.25) is 0 Å². The summed E-state index contributed by atoms with van der Waals surface area (Å²) in [5.74, 6) is 1.34. The van der Waals surface area contributed by atoms with Crippen molar-refractivity contribution >= 4 is 5.91 Å². The number of amides is 1. The molecule has 3 rings (SSSR count). The van der Waals surface area contributed by atoms with E-state index in [4.69, 9.17) is 9.47 Å². The predicted octanol–water partition coefficient (Wildman–Crippen LogP) is 6.06. The molecule has 0 heterocycles. The van der Waals surface area contributed by atoms with E-state index in [-0.39, 0.29) is 17.4 Å². The molecule has 4 nitrogen and oxygen atoms in total. The second-order valence-electron chi connectivity index (χ2n) is 8.70. The SMILES string of the molecule is COc1ccc(C(=O)NC(C)c2ccccc2)cc1COc1ccc(C(C)(C)C)cc1. The average Bonchev–Trinajstić information content (AvgIpc) is 2.77. The van der Waals surface area contributed by atoms with Gasteiger partial charge in [-0.2, -0.15) is 0 Å². The van der Waals surface area contributed by atoms with E-state index in [1.54, 1.807) is 13.2 Å².